The molecule has 1 rings (SSSR count). The number of nitrogens with zero attached hydrogens (tertiary/aromatic N) is 2. The van der Waals surface area contributed by atoms with E-state index in [1.807, 2.05) is 7.05 Å². The molecule has 114 valence electrons. The van der Waals surface area contributed by atoms with E-state index >= 15 is 0 Å². The third-order valence-electron chi connectivity index (χ3n) is 3.56. The van der Waals surface area contributed by atoms with Crippen LogP contribution in [0.5, 0.6) is 0 Å². The number of nitrogens with one attached hydrogen (secondary N) is 1. The van der Waals surface area contributed by atoms with E-state index in [2.05, 4.69) is 10.2 Å². The van der Waals surface area contributed by atoms with Gasteiger partial charge in [0.25, 0.3) is 0 Å². The molecule has 1 heterocycles. The number of amides is 3. The van der Waals surface area contributed by atoms with Crippen LogP contribution in [0.25, 0.3) is 0 Å². The van der Waals surface area contributed by atoms with Crippen molar-refractivity contribution in [3.63, 3.8) is 0 Å². The number of piperidine rings is 1. The van der Waals surface area contributed by atoms with Gasteiger partial charge in [0.2, 0.25) is 5.91 Å². The van der Waals surface area contributed by atoms with Crippen molar-refractivity contribution in [1.29, 1.82) is 0 Å². The summed E-state index contributed by atoms with van der Waals surface area (Å²) in [5.41, 5.74) is 4.97. The monoisotopic (exact) mass is 286 g/mol. The quantitative estimate of drug-likeness (QED) is 0.602. The summed E-state index contributed by atoms with van der Waals surface area (Å²) in [5, 5.41) is 11.3. The van der Waals surface area contributed by atoms with Crippen molar-refractivity contribution in [2.75, 3.05) is 27.2 Å². The minimum absolute atomic E-state index is 0.0780. The van der Waals surface area contributed by atoms with Crippen LogP contribution in [0.4, 0.5) is 4.79 Å². The first-order valence-corrected chi connectivity index (χ1v) is 6.54. The van der Waals surface area contributed by atoms with Crippen molar-refractivity contribution < 1.29 is 19.5 Å². The van der Waals surface area contributed by atoms with Gasteiger partial charge in [-0.3, -0.25) is 4.79 Å². The Morgan fingerprint density at radius 2 is 1.95 bits per heavy atom. The highest BCUT2D eigenvalue weighted by molar-refractivity contribution is 5.87. The number of hydrogen-bond donors (Lipinski definition) is 3. The van der Waals surface area contributed by atoms with E-state index in [1.54, 1.807) is 7.05 Å². The van der Waals surface area contributed by atoms with Crippen LogP contribution in [0.15, 0.2) is 0 Å². The summed E-state index contributed by atoms with van der Waals surface area (Å²) in [6.07, 6.45) is 1.27. The molecule has 3 amide bonds. The Morgan fingerprint density at radius 1 is 1.40 bits per heavy atom. The highest BCUT2D eigenvalue weighted by Gasteiger charge is 2.28. The van der Waals surface area contributed by atoms with Crippen LogP contribution in [-0.4, -0.2) is 72.1 Å². The maximum Gasteiger partial charge on any atom is 0.326 e. The molecule has 0 bridgehead atoms. The fourth-order valence-electron chi connectivity index (χ4n) is 2.20. The first-order valence-electron chi connectivity index (χ1n) is 6.54. The van der Waals surface area contributed by atoms with Crippen LogP contribution in [-0.2, 0) is 9.59 Å². The highest BCUT2D eigenvalue weighted by atomic mass is 16.4. The average molecular weight is 286 g/mol. The normalized spacial score (nSPS) is 18.3. The lowest BCUT2D eigenvalue weighted by Crippen LogP contribution is -2.52. The van der Waals surface area contributed by atoms with Gasteiger partial charge in [-0.1, -0.05) is 0 Å². The zero-order valence-corrected chi connectivity index (χ0v) is 11.8. The van der Waals surface area contributed by atoms with Gasteiger partial charge in [-0.05, 0) is 33.0 Å². The number of carbonyl (C=O) groups is 3. The number of carboxylic acid groups (broad SMARTS) is 1. The number of rotatable bonds is 5. The largest absolute Gasteiger partial charge is 0.480 e. The van der Waals surface area contributed by atoms with Crippen LogP contribution in [0.2, 0.25) is 0 Å². The van der Waals surface area contributed by atoms with Gasteiger partial charge in [0.1, 0.15) is 6.04 Å². The zero-order valence-electron chi connectivity index (χ0n) is 11.8. The predicted molar refractivity (Wildman–Crippen MR) is 72.0 cm³/mol. The fourth-order valence-corrected chi connectivity index (χ4v) is 2.20. The molecule has 0 aromatic carbocycles. The van der Waals surface area contributed by atoms with Crippen molar-refractivity contribution in [2.24, 2.45) is 5.73 Å². The minimum Gasteiger partial charge on any atom is -0.480 e. The number of primary amides is 1. The molecule has 8 heteroatoms. The second kappa shape index (κ2) is 7.09. The van der Waals surface area contributed by atoms with Crippen molar-refractivity contribution in [3.8, 4) is 0 Å². The summed E-state index contributed by atoms with van der Waals surface area (Å²) in [4.78, 5) is 37.4. The van der Waals surface area contributed by atoms with Crippen molar-refractivity contribution in [3.05, 3.63) is 0 Å². The standard InChI is InChI=1S/C12H22N4O4/c1-15-5-3-8(4-6-15)16(2)12(20)14-9(11(18)19)7-10(13)17/h8-9H,3-7H2,1-2H3,(H2,13,17)(H,14,20)(H,18,19)/t9-/m0/s1. The highest BCUT2D eigenvalue weighted by Crippen LogP contribution is 2.14. The molecule has 0 unspecified atom stereocenters. The first-order chi connectivity index (χ1) is 9.31. The summed E-state index contributed by atoms with van der Waals surface area (Å²) in [5.74, 6) is -2.03. The van der Waals surface area contributed by atoms with E-state index in [4.69, 9.17) is 10.8 Å². The molecule has 0 saturated carbocycles. The molecule has 4 N–H and O–H groups in total. The molecule has 1 saturated heterocycles. The maximum atomic E-state index is 12.0. The molecule has 0 aliphatic carbocycles. The minimum atomic E-state index is -1.28. The topological polar surface area (TPSA) is 116 Å². The molecular formula is C12H22N4O4. The van der Waals surface area contributed by atoms with E-state index in [9.17, 15) is 14.4 Å². The number of hydrogen-bond acceptors (Lipinski definition) is 4. The summed E-state index contributed by atoms with van der Waals surface area (Å²) >= 11 is 0. The molecule has 0 radical (unpaired) electrons. The number of carbonyl (C=O) groups excluding carboxylic acids is 2. The van der Waals surface area contributed by atoms with E-state index in [-0.39, 0.29) is 6.04 Å². The summed E-state index contributed by atoms with van der Waals surface area (Å²) in [6, 6.07) is -1.70. The summed E-state index contributed by atoms with van der Waals surface area (Å²) in [6.45, 7) is 1.79. The van der Waals surface area contributed by atoms with Crippen LogP contribution >= 0.6 is 0 Å². The Bertz CT molecular complexity index is 380. The Morgan fingerprint density at radius 3 is 2.40 bits per heavy atom. The van der Waals surface area contributed by atoms with Crippen LogP contribution in [0, 0.1) is 0 Å². The van der Waals surface area contributed by atoms with Gasteiger partial charge >= 0.3 is 12.0 Å². The van der Waals surface area contributed by atoms with Crippen LogP contribution < -0.4 is 11.1 Å². The molecule has 0 aromatic rings. The van der Waals surface area contributed by atoms with Crippen molar-refractivity contribution in [2.45, 2.75) is 31.3 Å². The van der Waals surface area contributed by atoms with Crippen molar-refractivity contribution >= 4 is 17.9 Å². The second-order valence-electron chi connectivity index (χ2n) is 5.16. The molecule has 1 aliphatic rings. The Hall–Kier alpha value is -1.83. The van der Waals surface area contributed by atoms with E-state index < -0.39 is 30.4 Å². The van der Waals surface area contributed by atoms with Gasteiger partial charge in [-0.25, -0.2) is 9.59 Å². The van der Waals surface area contributed by atoms with E-state index in [0.717, 1.165) is 25.9 Å². The second-order valence-corrected chi connectivity index (χ2v) is 5.16. The Kier molecular flexibility index (Phi) is 5.75. The molecule has 0 spiro atoms. The molecule has 1 fully saturated rings. The molecule has 1 atom stereocenters. The zero-order chi connectivity index (χ0) is 15.3. The molecule has 20 heavy (non-hydrogen) atoms. The van der Waals surface area contributed by atoms with Crippen LogP contribution in [0.1, 0.15) is 19.3 Å². The Labute approximate surface area is 117 Å². The van der Waals surface area contributed by atoms with Gasteiger partial charge < -0.3 is 26.0 Å². The number of urea groups is 1. The van der Waals surface area contributed by atoms with E-state index in [0.29, 0.717) is 0 Å². The van der Waals surface area contributed by atoms with Crippen molar-refractivity contribution in [1.82, 2.24) is 15.1 Å². The predicted octanol–water partition coefficient (Wildman–Crippen LogP) is -0.949. The smallest absolute Gasteiger partial charge is 0.326 e. The lowest BCUT2D eigenvalue weighted by Gasteiger charge is -2.35. The lowest BCUT2D eigenvalue weighted by atomic mass is 10.0. The summed E-state index contributed by atoms with van der Waals surface area (Å²) in [7, 11) is 3.65. The van der Waals surface area contributed by atoms with Gasteiger partial charge in [0.05, 0.1) is 6.42 Å². The van der Waals surface area contributed by atoms with E-state index in [1.165, 1.54) is 4.90 Å². The van der Waals surface area contributed by atoms with Gasteiger partial charge in [0.15, 0.2) is 0 Å². The number of aliphatic carboxylic acids is 1. The molecular weight excluding hydrogens is 264 g/mol. The number of carboxylic acids is 1. The molecule has 0 aromatic heterocycles. The maximum absolute atomic E-state index is 12.0. The first kappa shape index (κ1) is 16.2. The third-order valence-corrected chi connectivity index (χ3v) is 3.56. The lowest BCUT2D eigenvalue weighted by molar-refractivity contribution is -0.141. The SMILES string of the molecule is CN1CCC(N(C)C(=O)N[C@@H](CC(N)=O)C(=O)O)CC1. The van der Waals surface area contributed by atoms with Gasteiger partial charge in [0, 0.05) is 13.1 Å². The number of nitrogens with two attached hydrogens (primary N) is 1. The van der Waals surface area contributed by atoms with Gasteiger partial charge in [-0.15, -0.1) is 0 Å². The average Bonchev–Trinajstić information content (AvgIpc) is 2.37. The van der Waals surface area contributed by atoms with Crippen LogP contribution in [0.3, 0.4) is 0 Å². The molecule has 8 nitrogen and oxygen atoms in total. The summed E-state index contributed by atoms with van der Waals surface area (Å²) < 4.78 is 0. The number of likely N-dealkylation sites (tertiary alicyclic amines) is 1. The van der Waals surface area contributed by atoms with Gasteiger partial charge in [-0.2, -0.15) is 0 Å². The third kappa shape index (κ3) is 4.69. The Balaban J connectivity index is 2.55. The molecule has 1 aliphatic heterocycles. The fraction of sp³-hybridized carbons (Fsp3) is 0.750.